The molecule has 7 nitrogen and oxygen atoms in total. The van der Waals surface area contributed by atoms with E-state index in [1.807, 2.05) is 7.05 Å². The quantitative estimate of drug-likeness (QED) is 0.766. The van der Waals surface area contributed by atoms with E-state index < -0.39 is 0 Å². The van der Waals surface area contributed by atoms with Gasteiger partial charge in [-0.3, -0.25) is 4.79 Å². The molecule has 2 fully saturated rings. The molecule has 3 aliphatic rings. The second kappa shape index (κ2) is 7.39. The predicted octanol–water partition coefficient (Wildman–Crippen LogP) is 1.37. The van der Waals surface area contributed by atoms with E-state index in [4.69, 9.17) is 14.7 Å². The average Bonchev–Trinajstić information content (AvgIpc) is 3.23. The second-order valence-corrected chi connectivity index (χ2v) is 7.72. The fourth-order valence-corrected chi connectivity index (χ4v) is 4.39. The molecule has 1 aromatic rings. The summed E-state index contributed by atoms with van der Waals surface area (Å²) in [5.74, 6) is 3.09. The highest BCUT2D eigenvalue weighted by molar-refractivity contribution is 5.76. The fraction of sp³-hybridized carbons (Fsp3) is 0.737. The Kier molecular flexibility index (Phi) is 4.98. The third-order valence-electron chi connectivity index (χ3n) is 5.91. The molecule has 2 atom stereocenters. The molecule has 4 rings (SSSR count). The van der Waals surface area contributed by atoms with Crippen LogP contribution < -0.4 is 15.5 Å². The number of ether oxygens (including phenoxy) is 1. The van der Waals surface area contributed by atoms with Crippen LogP contribution in [0.25, 0.3) is 0 Å². The number of aromatic nitrogens is 2. The third kappa shape index (κ3) is 3.49. The Hall–Kier alpha value is -1.89. The van der Waals surface area contributed by atoms with Gasteiger partial charge in [0.15, 0.2) is 0 Å². The summed E-state index contributed by atoms with van der Waals surface area (Å²) >= 11 is 0. The molecule has 0 bridgehead atoms. The van der Waals surface area contributed by atoms with Crippen LogP contribution in [0, 0.1) is 11.8 Å². The maximum absolute atomic E-state index is 12.2. The SMILES string of the molecule is CNc1nc(N2C[C@H](NC(=O)CCOC)[C@@H](C3CC3)C2)nc2c1CCC2. The number of aryl methyl sites for hydroxylation is 1. The summed E-state index contributed by atoms with van der Waals surface area (Å²) < 4.78 is 5.02. The summed E-state index contributed by atoms with van der Waals surface area (Å²) in [6.45, 7) is 2.19. The number of carbonyl (C=O) groups excluding carboxylic acids is 1. The van der Waals surface area contributed by atoms with Crippen molar-refractivity contribution < 1.29 is 9.53 Å². The number of anilines is 2. The monoisotopic (exact) mass is 359 g/mol. The van der Waals surface area contributed by atoms with Gasteiger partial charge in [-0.25, -0.2) is 4.98 Å². The number of nitrogens with one attached hydrogen (secondary N) is 2. The topological polar surface area (TPSA) is 79.4 Å². The Morgan fingerprint density at radius 3 is 2.85 bits per heavy atom. The zero-order valence-electron chi connectivity index (χ0n) is 15.8. The van der Waals surface area contributed by atoms with E-state index in [0.717, 1.165) is 50.0 Å². The molecular formula is C19H29N5O2. The van der Waals surface area contributed by atoms with Crippen molar-refractivity contribution in [2.75, 3.05) is 44.1 Å². The van der Waals surface area contributed by atoms with Crippen LogP contribution in [0.4, 0.5) is 11.8 Å². The van der Waals surface area contributed by atoms with E-state index in [-0.39, 0.29) is 11.9 Å². The average molecular weight is 359 g/mol. The molecule has 1 saturated heterocycles. The molecule has 1 amide bonds. The Labute approximate surface area is 154 Å². The number of nitrogens with zero attached hydrogens (tertiary/aromatic N) is 3. The lowest BCUT2D eigenvalue weighted by atomic mass is 9.98. The van der Waals surface area contributed by atoms with E-state index in [1.54, 1.807) is 7.11 Å². The number of fused-ring (bicyclic) bond motifs is 1. The molecule has 0 aromatic carbocycles. The zero-order valence-corrected chi connectivity index (χ0v) is 15.8. The van der Waals surface area contributed by atoms with Gasteiger partial charge >= 0.3 is 0 Å². The summed E-state index contributed by atoms with van der Waals surface area (Å²) in [7, 11) is 3.56. The summed E-state index contributed by atoms with van der Waals surface area (Å²) in [5.41, 5.74) is 2.47. The molecule has 0 spiro atoms. The van der Waals surface area contributed by atoms with Crippen LogP contribution in [0.15, 0.2) is 0 Å². The highest BCUT2D eigenvalue weighted by Gasteiger charge is 2.44. The van der Waals surface area contributed by atoms with Crippen LogP contribution in [-0.2, 0) is 22.4 Å². The van der Waals surface area contributed by atoms with E-state index in [2.05, 4.69) is 15.5 Å². The summed E-state index contributed by atoms with van der Waals surface area (Å²) in [6, 6.07) is 0.182. The standard InChI is InChI=1S/C19H29N5O2/c1-20-18-13-4-3-5-15(13)22-19(23-18)24-10-14(12-6-7-12)16(11-24)21-17(25)8-9-26-2/h12,14,16H,3-11H2,1-2H3,(H,21,25)(H,20,22,23)/t14-,16+/m1/s1. The first-order valence-corrected chi connectivity index (χ1v) is 9.80. The van der Waals surface area contributed by atoms with Gasteiger partial charge in [-0.1, -0.05) is 0 Å². The lowest BCUT2D eigenvalue weighted by molar-refractivity contribution is -0.122. The summed E-state index contributed by atoms with van der Waals surface area (Å²) in [4.78, 5) is 24.1. The molecule has 2 aliphatic carbocycles. The Balaban J connectivity index is 1.50. The Bertz CT molecular complexity index is 676. The van der Waals surface area contributed by atoms with Gasteiger partial charge in [-0.2, -0.15) is 4.98 Å². The van der Waals surface area contributed by atoms with Gasteiger partial charge < -0.3 is 20.3 Å². The van der Waals surface area contributed by atoms with E-state index >= 15 is 0 Å². The number of hydrogen-bond acceptors (Lipinski definition) is 6. The zero-order chi connectivity index (χ0) is 18.1. The first-order valence-electron chi connectivity index (χ1n) is 9.80. The Morgan fingerprint density at radius 2 is 2.12 bits per heavy atom. The third-order valence-corrected chi connectivity index (χ3v) is 5.91. The van der Waals surface area contributed by atoms with Crippen molar-refractivity contribution in [3.05, 3.63) is 11.3 Å². The van der Waals surface area contributed by atoms with E-state index in [1.165, 1.54) is 24.1 Å². The Morgan fingerprint density at radius 1 is 1.27 bits per heavy atom. The summed E-state index contributed by atoms with van der Waals surface area (Å²) in [6.07, 6.45) is 6.23. The second-order valence-electron chi connectivity index (χ2n) is 7.72. The maximum Gasteiger partial charge on any atom is 0.227 e. The highest BCUT2D eigenvalue weighted by Crippen LogP contribution is 2.42. The molecule has 1 aromatic heterocycles. The molecule has 2 heterocycles. The molecular weight excluding hydrogens is 330 g/mol. The molecule has 7 heteroatoms. The van der Waals surface area contributed by atoms with Crippen molar-refractivity contribution in [2.24, 2.45) is 11.8 Å². The smallest absolute Gasteiger partial charge is 0.227 e. The van der Waals surface area contributed by atoms with Crippen molar-refractivity contribution in [2.45, 2.75) is 44.6 Å². The lowest BCUT2D eigenvalue weighted by Crippen LogP contribution is -2.41. The number of carbonyl (C=O) groups is 1. The van der Waals surface area contributed by atoms with Gasteiger partial charge in [0, 0.05) is 45.1 Å². The first-order chi connectivity index (χ1) is 12.7. The molecule has 2 N–H and O–H groups in total. The van der Waals surface area contributed by atoms with E-state index in [0.29, 0.717) is 18.9 Å². The predicted molar refractivity (Wildman–Crippen MR) is 100 cm³/mol. The van der Waals surface area contributed by atoms with Gasteiger partial charge in [-0.05, 0) is 38.0 Å². The van der Waals surface area contributed by atoms with Crippen molar-refractivity contribution >= 4 is 17.7 Å². The largest absolute Gasteiger partial charge is 0.384 e. The van der Waals surface area contributed by atoms with Crippen molar-refractivity contribution in [1.82, 2.24) is 15.3 Å². The fourth-order valence-electron chi connectivity index (χ4n) is 4.39. The minimum absolute atomic E-state index is 0.0788. The molecule has 0 unspecified atom stereocenters. The molecule has 142 valence electrons. The molecule has 1 aliphatic heterocycles. The van der Waals surface area contributed by atoms with Crippen LogP contribution in [0.5, 0.6) is 0 Å². The van der Waals surface area contributed by atoms with Crippen LogP contribution in [-0.4, -0.2) is 55.8 Å². The molecule has 1 saturated carbocycles. The van der Waals surface area contributed by atoms with Gasteiger partial charge in [-0.15, -0.1) is 0 Å². The highest BCUT2D eigenvalue weighted by atomic mass is 16.5. The van der Waals surface area contributed by atoms with Gasteiger partial charge in [0.25, 0.3) is 0 Å². The van der Waals surface area contributed by atoms with Crippen LogP contribution in [0.1, 0.15) is 36.9 Å². The maximum atomic E-state index is 12.2. The van der Waals surface area contributed by atoms with Crippen molar-refractivity contribution in [3.63, 3.8) is 0 Å². The summed E-state index contributed by atoms with van der Waals surface area (Å²) in [5, 5.41) is 6.48. The molecule has 0 radical (unpaired) electrons. The van der Waals surface area contributed by atoms with Gasteiger partial charge in [0.05, 0.1) is 18.3 Å². The minimum Gasteiger partial charge on any atom is -0.384 e. The first kappa shape index (κ1) is 17.5. The number of methoxy groups -OCH3 is 1. The molecule has 26 heavy (non-hydrogen) atoms. The lowest BCUT2D eigenvalue weighted by Gasteiger charge is -2.19. The van der Waals surface area contributed by atoms with Gasteiger partial charge in [0.2, 0.25) is 11.9 Å². The number of hydrogen-bond donors (Lipinski definition) is 2. The van der Waals surface area contributed by atoms with E-state index in [9.17, 15) is 4.79 Å². The van der Waals surface area contributed by atoms with Gasteiger partial charge in [0.1, 0.15) is 5.82 Å². The van der Waals surface area contributed by atoms with Crippen molar-refractivity contribution in [3.8, 4) is 0 Å². The minimum atomic E-state index is 0.0788. The normalized spacial score (nSPS) is 24.6. The number of rotatable bonds is 7. The van der Waals surface area contributed by atoms with Crippen LogP contribution in [0.2, 0.25) is 0 Å². The van der Waals surface area contributed by atoms with Crippen LogP contribution >= 0.6 is 0 Å². The van der Waals surface area contributed by atoms with Crippen molar-refractivity contribution in [1.29, 1.82) is 0 Å². The number of amides is 1. The van der Waals surface area contributed by atoms with Crippen LogP contribution in [0.3, 0.4) is 0 Å².